The first-order chi connectivity index (χ1) is 7.78. The number of benzene rings is 1. The highest BCUT2D eigenvalue weighted by atomic mass is 16.1. The average Bonchev–Trinajstić information content (AvgIpc) is 2.65. The molecule has 2 aliphatic rings. The van der Waals surface area contributed by atoms with Crippen molar-refractivity contribution in [3.63, 3.8) is 0 Å². The van der Waals surface area contributed by atoms with Gasteiger partial charge < -0.3 is 0 Å². The summed E-state index contributed by atoms with van der Waals surface area (Å²) >= 11 is 0. The summed E-state index contributed by atoms with van der Waals surface area (Å²) in [5.41, 5.74) is 2.62. The highest BCUT2D eigenvalue weighted by molar-refractivity contribution is 6.09. The van der Waals surface area contributed by atoms with E-state index in [9.17, 15) is 4.79 Å². The zero-order valence-corrected chi connectivity index (χ0v) is 8.40. The molecule has 0 aromatic heterocycles. The van der Waals surface area contributed by atoms with Crippen LogP contribution in [-0.4, -0.2) is 5.78 Å². The van der Waals surface area contributed by atoms with Crippen molar-refractivity contribution in [2.45, 2.75) is 0 Å². The van der Waals surface area contributed by atoms with Crippen LogP contribution in [0, 0.1) is 11.3 Å². The molecule has 1 aromatic rings. The molecule has 0 saturated carbocycles. The van der Waals surface area contributed by atoms with Crippen molar-refractivity contribution >= 4 is 17.4 Å². The molecule has 0 heterocycles. The van der Waals surface area contributed by atoms with Crippen molar-refractivity contribution in [2.75, 3.05) is 0 Å². The molecule has 0 saturated heterocycles. The van der Waals surface area contributed by atoms with Crippen LogP contribution in [0.3, 0.4) is 0 Å². The normalized spacial score (nSPS) is 16.1. The fourth-order valence-electron chi connectivity index (χ4n) is 2.06. The Morgan fingerprint density at radius 1 is 1.12 bits per heavy atom. The second kappa shape index (κ2) is 3.04. The molecule has 2 nitrogen and oxygen atoms in total. The van der Waals surface area contributed by atoms with Crippen LogP contribution in [0.4, 0.5) is 0 Å². The molecule has 3 rings (SSSR count). The Morgan fingerprint density at radius 3 is 2.81 bits per heavy atom. The molecule has 0 bridgehead atoms. The third-order valence-corrected chi connectivity index (χ3v) is 2.81. The van der Waals surface area contributed by atoms with Gasteiger partial charge in [-0.15, -0.1) is 0 Å². The maximum Gasteiger partial charge on any atom is 0.179 e. The summed E-state index contributed by atoms with van der Waals surface area (Å²) in [6.07, 6.45) is 6.98. The number of carbonyl (C=O) groups excluding carboxylic acids is 1. The van der Waals surface area contributed by atoms with Gasteiger partial charge in [-0.3, -0.25) is 4.79 Å². The smallest absolute Gasteiger partial charge is 0.179 e. The van der Waals surface area contributed by atoms with Crippen molar-refractivity contribution < 1.29 is 4.79 Å². The largest absolute Gasteiger partial charge is 0.290 e. The van der Waals surface area contributed by atoms with Crippen LogP contribution in [0.15, 0.2) is 42.0 Å². The summed E-state index contributed by atoms with van der Waals surface area (Å²) in [5.74, 6) is 0.0170. The molecule has 0 fully saturated rings. The lowest BCUT2D eigenvalue weighted by atomic mass is 10.0. The summed E-state index contributed by atoms with van der Waals surface area (Å²) < 4.78 is 0. The molecule has 1 aromatic carbocycles. The number of fused-ring (bicyclic) bond motifs is 2. The molecular formula is C14H7NO. The maximum absolute atomic E-state index is 11.2. The Bertz CT molecular complexity index is 727. The molecule has 0 radical (unpaired) electrons. The number of allylic oxidation sites excluding steroid dienone is 4. The van der Waals surface area contributed by atoms with Crippen molar-refractivity contribution in [1.29, 1.82) is 5.26 Å². The van der Waals surface area contributed by atoms with E-state index in [1.54, 1.807) is 18.2 Å². The predicted molar refractivity (Wildman–Crippen MR) is 60.5 cm³/mol. The van der Waals surface area contributed by atoms with Gasteiger partial charge in [0.1, 0.15) is 0 Å². The summed E-state index contributed by atoms with van der Waals surface area (Å²) in [4.78, 5) is 11.2. The molecule has 0 amide bonds. The lowest BCUT2D eigenvalue weighted by Crippen LogP contribution is -2.22. The maximum atomic E-state index is 11.2. The van der Waals surface area contributed by atoms with E-state index in [2.05, 4.69) is 6.07 Å². The van der Waals surface area contributed by atoms with Crippen LogP contribution in [0.25, 0.3) is 11.6 Å². The van der Waals surface area contributed by atoms with Gasteiger partial charge in [0.2, 0.25) is 0 Å². The molecule has 0 aliphatic heterocycles. The lowest BCUT2D eigenvalue weighted by Gasteiger charge is -2.02. The average molecular weight is 205 g/mol. The van der Waals surface area contributed by atoms with Gasteiger partial charge in [0.25, 0.3) is 0 Å². The Hall–Kier alpha value is -2.40. The van der Waals surface area contributed by atoms with E-state index in [1.165, 1.54) is 0 Å². The summed E-state index contributed by atoms with van der Waals surface area (Å²) in [5, 5.41) is 11.0. The van der Waals surface area contributed by atoms with E-state index >= 15 is 0 Å². The van der Waals surface area contributed by atoms with Crippen LogP contribution >= 0.6 is 0 Å². The fraction of sp³-hybridized carbons (Fsp3) is 0. The van der Waals surface area contributed by atoms with Gasteiger partial charge in [0.15, 0.2) is 5.78 Å². The first-order valence-electron chi connectivity index (χ1n) is 4.98. The zero-order valence-electron chi connectivity index (χ0n) is 8.40. The number of ketones is 1. The topological polar surface area (TPSA) is 40.9 Å². The number of nitrogens with zero attached hydrogens (tertiary/aromatic N) is 1. The quantitative estimate of drug-likeness (QED) is 0.621. The monoisotopic (exact) mass is 205 g/mol. The SMILES string of the molecule is N#Cc1ccc2c(c1)=C1C=CC(=O)C=C1C=2. The summed E-state index contributed by atoms with van der Waals surface area (Å²) in [7, 11) is 0. The van der Waals surface area contributed by atoms with Crippen molar-refractivity contribution in [3.05, 3.63) is 58.0 Å². The van der Waals surface area contributed by atoms with E-state index in [0.717, 1.165) is 21.6 Å². The second-order valence-electron chi connectivity index (χ2n) is 3.81. The van der Waals surface area contributed by atoms with Gasteiger partial charge in [-0.2, -0.15) is 5.26 Å². The minimum atomic E-state index is 0.0170. The van der Waals surface area contributed by atoms with Crippen molar-refractivity contribution in [2.24, 2.45) is 0 Å². The second-order valence-corrected chi connectivity index (χ2v) is 3.81. The van der Waals surface area contributed by atoms with E-state index in [4.69, 9.17) is 5.26 Å². The first kappa shape index (κ1) is 8.87. The molecule has 74 valence electrons. The molecule has 2 aliphatic carbocycles. The predicted octanol–water partition coefficient (Wildman–Crippen LogP) is 0.568. The third kappa shape index (κ3) is 1.15. The highest BCUT2D eigenvalue weighted by Gasteiger charge is 2.13. The molecular weight excluding hydrogens is 198 g/mol. The molecule has 0 unspecified atom stereocenters. The van der Waals surface area contributed by atoms with Gasteiger partial charge in [-0.25, -0.2) is 0 Å². The fourth-order valence-corrected chi connectivity index (χ4v) is 2.06. The van der Waals surface area contributed by atoms with Gasteiger partial charge in [-0.1, -0.05) is 6.07 Å². The Morgan fingerprint density at radius 2 is 2.00 bits per heavy atom. The van der Waals surface area contributed by atoms with Crippen LogP contribution in [-0.2, 0) is 4.79 Å². The Balaban J connectivity index is 2.41. The number of rotatable bonds is 0. The number of hydrogen-bond acceptors (Lipinski definition) is 2. The van der Waals surface area contributed by atoms with E-state index in [0.29, 0.717) is 5.56 Å². The minimum Gasteiger partial charge on any atom is -0.290 e. The Labute approximate surface area is 92.1 Å². The lowest BCUT2D eigenvalue weighted by molar-refractivity contribution is -0.110. The van der Waals surface area contributed by atoms with Crippen LogP contribution in [0.2, 0.25) is 0 Å². The molecule has 0 spiro atoms. The van der Waals surface area contributed by atoms with Crippen LogP contribution in [0.1, 0.15) is 5.56 Å². The minimum absolute atomic E-state index is 0.0170. The molecule has 0 N–H and O–H groups in total. The van der Waals surface area contributed by atoms with Crippen LogP contribution in [0.5, 0.6) is 0 Å². The van der Waals surface area contributed by atoms with Crippen LogP contribution < -0.4 is 10.4 Å². The number of nitriles is 1. The highest BCUT2D eigenvalue weighted by Crippen LogP contribution is 2.19. The van der Waals surface area contributed by atoms with E-state index in [1.807, 2.05) is 24.3 Å². The van der Waals surface area contributed by atoms with Gasteiger partial charge in [0.05, 0.1) is 11.6 Å². The third-order valence-electron chi connectivity index (χ3n) is 2.81. The van der Waals surface area contributed by atoms with Crippen molar-refractivity contribution in [1.82, 2.24) is 0 Å². The van der Waals surface area contributed by atoms with E-state index < -0.39 is 0 Å². The van der Waals surface area contributed by atoms with Gasteiger partial charge >= 0.3 is 0 Å². The summed E-state index contributed by atoms with van der Waals surface area (Å²) in [6.45, 7) is 0. The van der Waals surface area contributed by atoms with Crippen molar-refractivity contribution in [3.8, 4) is 6.07 Å². The number of carbonyl (C=O) groups is 1. The summed E-state index contributed by atoms with van der Waals surface area (Å²) in [6, 6.07) is 7.69. The molecule has 0 atom stereocenters. The Kier molecular flexibility index (Phi) is 1.69. The van der Waals surface area contributed by atoms with Gasteiger partial charge in [0, 0.05) is 0 Å². The number of hydrogen-bond donors (Lipinski definition) is 0. The molecule has 16 heavy (non-hydrogen) atoms. The standard InChI is InChI=1S/C14H7NO/c15-8-9-1-2-10-6-11-7-12(16)3-4-13(11)14(10)5-9/h1-7H. The van der Waals surface area contributed by atoms with E-state index in [-0.39, 0.29) is 5.78 Å². The zero-order chi connectivity index (χ0) is 11.1. The van der Waals surface area contributed by atoms with Gasteiger partial charge in [-0.05, 0) is 58.0 Å². The molecule has 2 heteroatoms. The first-order valence-corrected chi connectivity index (χ1v) is 4.98.